The minimum atomic E-state index is 0.269. The van der Waals surface area contributed by atoms with Gasteiger partial charge in [0.05, 0.1) is 0 Å². The molecule has 2 unspecified atom stereocenters. The highest BCUT2D eigenvalue weighted by Crippen LogP contribution is 2.34. The Morgan fingerprint density at radius 3 is 2.79 bits per heavy atom. The first-order chi connectivity index (χ1) is 11.6. The third-order valence-corrected chi connectivity index (χ3v) is 5.40. The first kappa shape index (κ1) is 17.4. The summed E-state index contributed by atoms with van der Waals surface area (Å²) in [5, 5.41) is 3.42. The molecule has 1 aromatic rings. The molecule has 2 heterocycles. The van der Waals surface area contributed by atoms with Crippen LogP contribution in [0.3, 0.4) is 0 Å². The van der Waals surface area contributed by atoms with E-state index < -0.39 is 0 Å². The number of hydrogen-bond donors (Lipinski definition) is 1. The first-order valence-corrected chi connectivity index (χ1v) is 9.48. The van der Waals surface area contributed by atoms with Crippen molar-refractivity contribution in [3.8, 4) is 0 Å². The molecule has 0 aliphatic carbocycles. The van der Waals surface area contributed by atoms with E-state index in [1.54, 1.807) is 0 Å². The number of nitrogens with zero attached hydrogens (tertiary/aromatic N) is 2. The van der Waals surface area contributed by atoms with Crippen molar-refractivity contribution in [2.75, 3.05) is 31.1 Å². The summed E-state index contributed by atoms with van der Waals surface area (Å²) in [6.07, 6.45) is 3.63. The van der Waals surface area contributed by atoms with Gasteiger partial charge in [0.25, 0.3) is 0 Å². The summed E-state index contributed by atoms with van der Waals surface area (Å²) < 4.78 is 0. The van der Waals surface area contributed by atoms with E-state index in [-0.39, 0.29) is 5.91 Å². The molecule has 4 heteroatoms. The first-order valence-electron chi connectivity index (χ1n) is 9.48. The van der Waals surface area contributed by atoms with Gasteiger partial charge in [-0.25, -0.2) is 0 Å². The van der Waals surface area contributed by atoms with E-state index in [0.29, 0.717) is 18.5 Å². The van der Waals surface area contributed by atoms with Crippen LogP contribution in [0.25, 0.3) is 0 Å². The number of piperazine rings is 1. The van der Waals surface area contributed by atoms with Crippen LogP contribution in [0.5, 0.6) is 0 Å². The predicted octanol–water partition coefficient (Wildman–Crippen LogP) is 2.60. The van der Waals surface area contributed by atoms with Gasteiger partial charge >= 0.3 is 0 Å². The zero-order valence-corrected chi connectivity index (χ0v) is 15.3. The van der Waals surface area contributed by atoms with Gasteiger partial charge in [-0.15, -0.1) is 0 Å². The lowest BCUT2D eigenvalue weighted by Crippen LogP contribution is -2.48. The van der Waals surface area contributed by atoms with Crippen LogP contribution < -0.4 is 10.2 Å². The average Bonchev–Trinajstić information content (AvgIpc) is 2.91. The molecule has 2 aliphatic heterocycles. The Labute approximate surface area is 146 Å². The fraction of sp³-hybridized carbons (Fsp3) is 0.650. The Kier molecular flexibility index (Phi) is 5.57. The lowest BCUT2D eigenvalue weighted by atomic mass is 10.0. The Bertz CT molecular complexity index is 580. The number of carbonyl (C=O) groups is 1. The number of nitrogens with one attached hydrogen (secondary N) is 1. The maximum Gasteiger partial charge on any atom is 0.227 e. The maximum absolute atomic E-state index is 12.4. The van der Waals surface area contributed by atoms with Crippen molar-refractivity contribution in [1.82, 2.24) is 10.2 Å². The minimum Gasteiger partial charge on any atom is -0.314 e. The van der Waals surface area contributed by atoms with E-state index in [0.717, 1.165) is 51.1 Å². The zero-order chi connectivity index (χ0) is 17.1. The Morgan fingerprint density at radius 2 is 2.08 bits per heavy atom. The number of anilines is 1. The summed E-state index contributed by atoms with van der Waals surface area (Å²) in [6.45, 7) is 11.0. The monoisotopic (exact) mass is 329 g/mol. The molecule has 0 bridgehead atoms. The highest BCUT2D eigenvalue weighted by molar-refractivity contribution is 5.96. The van der Waals surface area contributed by atoms with E-state index in [1.807, 2.05) is 4.90 Å². The summed E-state index contributed by atoms with van der Waals surface area (Å²) in [7, 11) is 0. The number of fused-ring (bicyclic) bond motifs is 1. The maximum atomic E-state index is 12.4. The number of carbonyl (C=O) groups excluding carboxylic acids is 1. The van der Waals surface area contributed by atoms with Crippen LogP contribution in [0, 0.1) is 0 Å². The van der Waals surface area contributed by atoms with Crippen LogP contribution in [-0.4, -0.2) is 49.1 Å². The summed E-state index contributed by atoms with van der Waals surface area (Å²) in [6, 6.07) is 7.60. The van der Waals surface area contributed by atoms with Crippen molar-refractivity contribution in [3.63, 3.8) is 0 Å². The highest BCUT2D eigenvalue weighted by atomic mass is 16.2. The highest BCUT2D eigenvalue weighted by Gasteiger charge is 2.30. The molecule has 0 spiro atoms. The molecule has 0 aromatic heterocycles. The molecule has 132 valence electrons. The molecule has 1 saturated heterocycles. The third kappa shape index (κ3) is 3.65. The molecule has 1 aromatic carbocycles. The molecule has 4 nitrogen and oxygen atoms in total. The molecule has 0 radical (unpaired) electrons. The third-order valence-electron chi connectivity index (χ3n) is 5.40. The van der Waals surface area contributed by atoms with Crippen LogP contribution in [0.4, 0.5) is 5.69 Å². The van der Waals surface area contributed by atoms with Gasteiger partial charge in [0.1, 0.15) is 0 Å². The fourth-order valence-electron chi connectivity index (χ4n) is 4.12. The fourth-order valence-corrected chi connectivity index (χ4v) is 4.12. The lowest BCUT2D eigenvalue weighted by Gasteiger charge is -2.33. The van der Waals surface area contributed by atoms with Gasteiger partial charge in [-0.05, 0) is 50.3 Å². The van der Waals surface area contributed by atoms with Crippen LogP contribution in [0.1, 0.15) is 44.7 Å². The number of benzene rings is 1. The van der Waals surface area contributed by atoms with Crippen molar-refractivity contribution in [2.24, 2.45) is 0 Å². The second kappa shape index (κ2) is 7.66. The number of rotatable bonds is 5. The molecule has 1 N–H and O–H groups in total. The Balaban J connectivity index is 1.70. The minimum absolute atomic E-state index is 0.269. The van der Waals surface area contributed by atoms with E-state index >= 15 is 0 Å². The smallest absolute Gasteiger partial charge is 0.227 e. The van der Waals surface area contributed by atoms with Crippen LogP contribution in [-0.2, 0) is 17.6 Å². The molecule has 0 saturated carbocycles. The van der Waals surface area contributed by atoms with Crippen molar-refractivity contribution in [2.45, 2.75) is 58.5 Å². The molecule has 2 aliphatic rings. The van der Waals surface area contributed by atoms with Gasteiger partial charge in [0, 0.05) is 50.4 Å². The van der Waals surface area contributed by atoms with Gasteiger partial charge in [-0.1, -0.05) is 19.1 Å². The van der Waals surface area contributed by atoms with Crippen molar-refractivity contribution < 1.29 is 4.79 Å². The molecular formula is C20H31N3O. The van der Waals surface area contributed by atoms with Gasteiger partial charge in [0.15, 0.2) is 0 Å². The second-order valence-corrected chi connectivity index (χ2v) is 7.37. The molecular weight excluding hydrogens is 298 g/mol. The molecule has 1 fully saturated rings. The number of hydrogen-bond acceptors (Lipinski definition) is 3. The quantitative estimate of drug-likeness (QED) is 0.902. The summed E-state index contributed by atoms with van der Waals surface area (Å²) in [4.78, 5) is 17.0. The SMILES string of the molecule is CCCC(=O)N1c2ccc(CC(C)N3CCNCC3)cc2CC1C. The van der Waals surface area contributed by atoms with Gasteiger partial charge in [-0.2, -0.15) is 0 Å². The van der Waals surface area contributed by atoms with E-state index in [4.69, 9.17) is 0 Å². The van der Waals surface area contributed by atoms with Gasteiger partial charge in [0.2, 0.25) is 5.91 Å². The van der Waals surface area contributed by atoms with Crippen LogP contribution in [0.15, 0.2) is 18.2 Å². The van der Waals surface area contributed by atoms with Gasteiger partial charge in [-0.3, -0.25) is 9.69 Å². The molecule has 2 atom stereocenters. The van der Waals surface area contributed by atoms with Crippen molar-refractivity contribution in [1.29, 1.82) is 0 Å². The number of amides is 1. The Hall–Kier alpha value is -1.39. The Morgan fingerprint density at radius 1 is 1.33 bits per heavy atom. The van der Waals surface area contributed by atoms with Crippen LogP contribution >= 0.6 is 0 Å². The van der Waals surface area contributed by atoms with E-state index in [9.17, 15) is 4.79 Å². The molecule has 24 heavy (non-hydrogen) atoms. The zero-order valence-electron chi connectivity index (χ0n) is 15.3. The summed E-state index contributed by atoms with van der Waals surface area (Å²) in [5.41, 5.74) is 3.88. The summed E-state index contributed by atoms with van der Waals surface area (Å²) >= 11 is 0. The molecule has 3 rings (SSSR count). The van der Waals surface area contributed by atoms with E-state index in [1.165, 1.54) is 11.1 Å². The van der Waals surface area contributed by atoms with E-state index in [2.05, 4.69) is 49.2 Å². The lowest BCUT2D eigenvalue weighted by molar-refractivity contribution is -0.118. The van der Waals surface area contributed by atoms with Crippen molar-refractivity contribution >= 4 is 11.6 Å². The van der Waals surface area contributed by atoms with Gasteiger partial charge < -0.3 is 10.2 Å². The normalized spacial score (nSPS) is 22.5. The summed E-state index contributed by atoms with van der Waals surface area (Å²) in [5.74, 6) is 0.269. The largest absolute Gasteiger partial charge is 0.314 e. The average molecular weight is 329 g/mol. The standard InChI is InChI=1S/C20H31N3O/c1-4-5-20(24)23-16(3)13-18-14-17(6-7-19(18)23)12-15(2)22-10-8-21-9-11-22/h6-7,14-16,21H,4-5,8-13H2,1-3H3. The van der Waals surface area contributed by atoms with Crippen molar-refractivity contribution in [3.05, 3.63) is 29.3 Å². The second-order valence-electron chi connectivity index (χ2n) is 7.37. The molecule has 1 amide bonds. The topological polar surface area (TPSA) is 35.6 Å². The van der Waals surface area contributed by atoms with Crippen LogP contribution in [0.2, 0.25) is 0 Å². The predicted molar refractivity (Wildman–Crippen MR) is 99.6 cm³/mol.